The van der Waals surface area contributed by atoms with Gasteiger partial charge in [-0.15, -0.1) is 11.3 Å². The second-order valence-electron chi connectivity index (χ2n) is 6.49. The van der Waals surface area contributed by atoms with Gasteiger partial charge in [0.15, 0.2) is 5.82 Å². The van der Waals surface area contributed by atoms with Crippen LogP contribution in [0.2, 0.25) is 0 Å². The maximum Gasteiger partial charge on any atom is 0.163 e. The maximum atomic E-state index is 9.17. The fourth-order valence-corrected chi connectivity index (χ4v) is 4.19. The van der Waals surface area contributed by atoms with Crippen LogP contribution in [0.15, 0.2) is 42.7 Å². The quantitative estimate of drug-likeness (QED) is 0.522. The molecule has 0 saturated heterocycles. The number of nitrogens with two attached hydrogens (primary N) is 1. The van der Waals surface area contributed by atoms with Gasteiger partial charge in [0.2, 0.25) is 0 Å². The van der Waals surface area contributed by atoms with E-state index in [0.717, 1.165) is 34.7 Å². The Balaban J connectivity index is 1.52. The van der Waals surface area contributed by atoms with Gasteiger partial charge in [0, 0.05) is 18.5 Å². The Morgan fingerprint density at radius 3 is 2.86 bits per heavy atom. The van der Waals surface area contributed by atoms with E-state index in [1.54, 1.807) is 17.7 Å². The number of hydrogen-bond donors (Lipinski definition) is 2. The third kappa shape index (κ3) is 3.40. The van der Waals surface area contributed by atoms with E-state index in [1.165, 1.54) is 10.4 Å². The van der Waals surface area contributed by atoms with Crippen LogP contribution in [0.4, 0.5) is 11.6 Å². The van der Waals surface area contributed by atoms with E-state index in [1.807, 2.05) is 25.2 Å². The molecular formula is C20H19N7S. The summed E-state index contributed by atoms with van der Waals surface area (Å²) in [6.45, 7) is 0.784. The average molecular weight is 389 g/mol. The Morgan fingerprint density at radius 2 is 2.07 bits per heavy atom. The lowest BCUT2D eigenvalue weighted by atomic mass is 10.1. The average Bonchev–Trinajstić information content (AvgIpc) is 3.31. The number of benzene rings is 1. The fraction of sp³-hybridized carbons (Fsp3) is 0.200. The molecule has 0 amide bonds. The molecule has 28 heavy (non-hydrogen) atoms. The summed E-state index contributed by atoms with van der Waals surface area (Å²) >= 11 is 1.67. The Bertz CT molecular complexity index is 1140. The molecule has 0 aliphatic carbocycles. The van der Waals surface area contributed by atoms with Gasteiger partial charge in [-0.3, -0.25) is 5.10 Å². The third-order valence-electron chi connectivity index (χ3n) is 4.63. The van der Waals surface area contributed by atoms with E-state index in [4.69, 9.17) is 5.73 Å². The molecule has 7 nitrogen and oxygen atoms in total. The van der Waals surface area contributed by atoms with Gasteiger partial charge in [-0.25, -0.2) is 9.97 Å². The SMILES string of the molecule is CN(CCCc1[nH]nc(N)c1C#N)c1ncnc2sc(-c3ccccc3)cc12. The first-order valence-corrected chi connectivity index (χ1v) is 9.73. The molecular weight excluding hydrogens is 370 g/mol. The monoisotopic (exact) mass is 389 g/mol. The first kappa shape index (κ1) is 17.9. The molecule has 0 aliphatic heterocycles. The smallest absolute Gasteiger partial charge is 0.163 e. The Hall–Kier alpha value is -3.44. The summed E-state index contributed by atoms with van der Waals surface area (Å²) in [5, 5.41) is 17.0. The van der Waals surface area contributed by atoms with E-state index in [0.29, 0.717) is 12.0 Å². The molecule has 0 saturated carbocycles. The molecule has 0 spiro atoms. The molecule has 3 aromatic heterocycles. The van der Waals surface area contributed by atoms with Gasteiger partial charge in [-0.1, -0.05) is 30.3 Å². The number of nitriles is 1. The lowest BCUT2D eigenvalue weighted by Crippen LogP contribution is -2.20. The topological polar surface area (TPSA) is 108 Å². The summed E-state index contributed by atoms with van der Waals surface area (Å²) < 4.78 is 0. The number of fused-ring (bicyclic) bond motifs is 1. The van der Waals surface area contributed by atoms with Crippen molar-refractivity contribution in [2.24, 2.45) is 0 Å². The van der Waals surface area contributed by atoms with Crippen LogP contribution in [0.25, 0.3) is 20.7 Å². The summed E-state index contributed by atoms with van der Waals surface area (Å²) in [4.78, 5) is 13.2. The fourth-order valence-electron chi connectivity index (χ4n) is 3.19. The Morgan fingerprint density at radius 1 is 1.25 bits per heavy atom. The minimum Gasteiger partial charge on any atom is -0.381 e. The van der Waals surface area contributed by atoms with Gasteiger partial charge in [0.1, 0.15) is 28.6 Å². The minimum atomic E-state index is 0.259. The van der Waals surface area contributed by atoms with Crippen LogP contribution < -0.4 is 10.6 Å². The summed E-state index contributed by atoms with van der Waals surface area (Å²) in [5.74, 6) is 1.17. The van der Waals surface area contributed by atoms with Crippen LogP contribution in [0.1, 0.15) is 17.7 Å². The molecule has 0 aliphatic rings. The van der Waals surface area contributed by atoms with Crippen LogP contribution in [0.3, 0.4) is 0 Å². The Kier molecular flexibility index (Phi) is 4.91. The number of rotatable bonds is 6. The molecule has 0 atom stereocenters. The van der Waals surface area contributed by atoms with Gasteiger partial charge in [-0.2, -0.15) is 10.4 Å². The highest BCUT2D eigenvalue weighted by atomic mass is 32.1. The van der Waals surface area contributed by atoms with E-state index in [2.05, 4.69) is 49.3 Å². The van der Waals surface area contributed by atoms with Crippen molar-refractivity contribution >= 4 is 33.2 Å². The number of nitrogens with zero attached hydrogens (tertiary/aromatic N) is 5. The highest BCUT2D eigenvalue weighted by molar-refractivity contribution is 7.21. The van der Waals surface area contributed by atoms with Crippen molar-refractivity contribution in [3.05, 3.63) is 54.0 Å². The lowest BCUT2D eigenvalue weighted by molar-refractivity contribution is 0.761. The molecule has 0 bridgehead atoms. The zero-order valence-corrected chi connectivity index (χ0v) is 16.2. The first-order valence-electron chi connectivity index (χ1n) is 8.91. The molecule has 3 heterocycles. The largest absolute Gasteiger partial charge is 0.381 e. The molecule has 0 fully saturated rings. The molecule has 1 aromatic carbocycles. The van der Waals surface area contributed by atoms with E-state index < -0.39 is 0 Å². The van der Waals surface area contributed by atoms with Crippen LogP contribution in [-0.4, -0.2) is 33.8 Å². The van der Waals surface area contributed by atoms with E-state index in [9.17, 15) is 5.26 Å². The second kappa shape index (κ2) is 7.66. The molecule has 0 radical (unpaired) electrons. The minimum absolute atomic E-state index is 0.259. The number of nitrogen functional groups attached to an aromatic ring is 1. The van der Waals surface area contributed by atoms with Gasteiger partial charge in [0.05, 0.1) is 11.1 Å². The maximum absolute atomic E-state index is 9.17. The van der Waals surface area contributed by atoms with Crippen LogP contribution in [0, 0.1) is 11.3 Å². The number of anilines is 2. The number of hydrogen-bond acceptors (Lipinski definition) is 7. The number of aromatic amines is 1. The molecule has 4 rings (SSSR count). The predicted octanol–water partition coefficient (Wildman–Crippen LogP) is 3.60. The summed E-state index contributed by atoms with van der Waals surface area (Å²) in [7, 11) is 2.02. The first-order chi connectivity index (χ1) is 13.7. The third-order valence-corrected chi connectivity index (χ3v) is 5.72. The highest BCUT2D eigenvalue weighted by Crippen LogP contribution is 2.35. The molecule has 4 aromatic rings. The Labute approximate surface area is 166 Å². The lowest BCUT2D eigenvalue weighted by Gasteiger charge is -2.18. The van der Waals surface area contributed by atoms with Gasteiger partial charge >= 0.3 is 0 Å². The standard InChI is InChI=1S/C20H19N7S/c1-27(9-5-8-16-15(11-21)18(22)26-25-16)19-14-10-17(13-6-3-2-4-7-13)28-20(14)24-12-23-19/h2-4,6-7,10,12H,5,8-9H2,1H3,(H3,22,25,26). The molecule has 3 N–H and O–H groups in total. The van der Waals surface area contributed by atoms with Gasteiger partial charge in [-0.05, 0) is 24.5 Å². The van der Waals surface area contributed by atoms with Crippen molar-refractivity contribution in [2.75, 3.05) is 24.2 Å². The highest BCUT2D eigenvalue weighted by Gasteiger charge is 2.14. The van der Waals surface area contributed by atoms with Crippen LogP contribution in [0.5, 0.6) is 0 Å². The predicted molar refractivity (Wildman–Crippen MR) is 112 cm³/mol. The second-order valence-corrected chi connectivity index (χ2v) is 7.52. The van der Waals surface area contributed by atoms with Crippen LogP contribution in [-0.2, 0) is 6.42 Å². The molecule has 8 heteroatoms. The number of H-pyrrole nitrogens is 1. The summed E-state index contributed by atoms with van der Waals surface area (Å²) in [6.07, 6.45) is 3.15. The normalized spacial score (nSPS) is 10.9. The molecule has 140 valence electrons. The van der Waals surface area contributed by atoms with Gasteiger partial charge < -0.3 is 10.6 Å². The van der Waals surface area contributed by atoms with Crippen molar-refractivity contribution < 1.29 is 0 Å². The zero-order chi connectivity index (χ0) is 19.5. The van der Waals surface area contributed by atoms with Crippen molar-refractivity contribution in [3.63, 3.8) is 0 Å². The van der Waals surface area contributed by atoms with Crippen LogP contribution >= 0.6 is 11.3 Å². The number of aryl methyl sites for hydroxylation is 1. The van der Waals surface area contributed by atoms with E-state index >= 15 is 0 Å². The van der Waals surface area contributed by atoms with Crippen molar-refractivity contribution in [1.82, 2.24) is 20.2 Å². The summed E-state index contributed by atoms with van der Waals surface area (Å²) in [6, 6.07) is 14.6. The van der Waals surface area contributed by atoms with Crippen molar-refractivity contribution in [2.45, 2.75) is 12.8 Å². The van der Waals surface area contributed by atoms with Crippen molar-refractivity contribution in [1.29, 1.82) is 5.26 Å². The summed E-state index contributed by atoms with van der Waals surface area (Å²) in [5.41, 5.74) is 8.10. The van der Waals surface area contributed by atoms with Crippen molar-refractivity contribution in [3.8, 4) is 16.5 Å². The number of nitrogens with one attached hydrogen (secondary N) is 1. The van der Waals surface area contributed by atoms with E-state index in [-0.39, 0.29) is 5.82 Å². The zero-order valence-electron chi connectivity index (χ0n) is 15.4. The number of aromatic nitrogens is 4. The molecule has 0 unspecified atom stereocenters. The number of thiophene rings is 1. The van der Waals surface area contributed by atoms with Gasteiger partial charge in [0.25, 0.3) is 0 Å².